The zero-order valence-corrected chi connectivity index (χ0v) is 27.4. The number of carbonyl (C=O) groups excluding carboxylic acids is 3. The maximum Gasteiger partial charge on any atom is 0.322 e. The van der Waals surface area contributed by atoms with Gasteiger partial charge in [0.2, 0.25) is 5.91 Å². The molecule has 12 nitrogen and oxygen atoms in total. The number of urea groups is 2. The van der Waals surface area contributed by atoms with Gasteiger partial charge in [0.25, 0.3) is 0 Å². The summed E-state index contributed by atoms with van der Waals surface area (Å²) in [6, 6.07) is 13.8. The van der Waals surface area contributed by atoms with Crippen molar-refractivity contribution < 1.29 is 14.4 Å². The second-order valence-electron chi connectivity index (χ2n) is 13.5. The van der Waals surface area contributed by atoms with Crippen molar-refractivity contribution >= 4 is 34.6 Å². The van der Waals surface area contributed by atoms with Crippen LogP contribution in [0.1, 0.15) is 36.8 Å². The lowest BCUT2D eigenvalue weighted by Gasteiger charge is -2.42. The van der Waals surface area contributed by atoms with E-state index in [4.69, 9.17) is 0 Å². The number of aromatic nitrogens is 2. The minimum Gasteiger partial charge on any atom is -0.338 e. The van der Waals surface area contributed by atoms with Gasteiger partial charge in [-0.3, -0.25) is 14.4 Å². The van der Waals surface area contributed by atoms with Gasteiger partial charge in [-0.05, 0) is 74.5 Å². The molecule has 1 unspecified atom stereocenters. The van der Waals surface area contributed by atoms with Crippen molar-refractivity contribution in [3.63, 3.8) is 0 Å². The lowest BCUT2D eigenvalue weighted by Crippen LogP contribution is -2.59. The van der Waals surface area contributed by atoms with Gasteiger partial charge >= 0.3 is 12.1 Å². The molecule has 47 heavy (non-hydrogen) atoms. The van der Waals surface area contributed by atoms with Gasteiger partial charge in [-0.25, -0.2) is 9.59 Å². The summed E-state index contributed by atoms with van der Waals surface area (Å²) in [5, 5.41) is 15.0. The number of aryl methyl sites for hydroxylation is 1. The molecule has 5 heterocycles. The van der Waals surface area contributed by atoms with Crippen LogP contribution >= 0.6 is 0 Å². The summed E-state index contributed by atoms with van der Waals surface area (Å²) >= 11 is 0. The Morgan fingerprint density at radius 1 is 0.915 bits per heavy atom. The molecule has 250 valence electrons. The monoisotopic (exact) mass is 641 g/mol. The number of hydrogen-bond donors (Lipinski definition) is 3. The van der Waals surface area contributed by atoms with Crippen molar-refractivity contribution in [2.75, 3.05) is 64.2 Å². The van der Waals surface area contributed by atoms with Crippen LogP contribution < -0.4 is 16.0 Å². The fourth-order valence-electron chi connectivity index (χ4n) is 7.83. The van der Waals surface area contributed by atoms with E-state index in [0.29, 0.717) is 58.0 Å². The highest BCUT2D eigenvalue weighted by Gasteiger charge is 2.35. The van der Waals surface area contributed by atoms with E-state index in [1.54, 1.807) is 4.90 Å². The average Bonchev–Trinajstić information content (AvgIpc) is 3.38. The Morgan fingerprint density at radius 3 is 2.47 bits per heavy atom. The molecule has 4 aliphatic rings. The number of piperidine rings is 2. The number of anilines is 1. The van der Waals surface area contributed by atoms with Crippen LogP contribution in [-0.4, -0.2) is 124 Å². The molecule has 0 radical (unpaired) electrons. The molecule has 0 spiro atoms. The first-order valence-electron chi connectivity index (χ1n) is 17.3. The van der Waals surface area contributed by atoms with Gasteiger partial charge < -0.3 is 30.7 Å². The standard InChI is InChI=1S/C35H47N9O3/c1-40-32-7-6-25(22-27(32)24-37-40)23-31(33(45)42-20-18-41(19-21-42)28-8-13-36-14-9-28)39-34(46)43-15-11-29(12-16-43)44-17-10-26-4-2-3-5-30(26)38-35(44)47/h2-7,22,24,28-29,31,36H,8-21,23H2,1H3,(H,38,47)(H,39,46). The fourth-order valence-corrected chi connectivity index (χ4v) is 7.83. The summed E-state index contributed by atoms with van der Waals surface area (Å²) in [5.41, 5.74) is 4.04. The van der Waals surface area contributed by atoms with Crippen molar-refractivity contribution in [1.82, 2.24) is 40.0 Å². The molecule has 2 aromatic carbocycles. The number of carbonyl (C=O) groups is 3. The number of rotatable bonds is 6. The van der Waals surface area contributed by atoms with Crippen LogP contribution in [0.5, 0.6) is 0 Å². The zero-order chi connectivity index (χ0) is 32.3. The van der Waals surface area contributed by atoms with E-state index in [-0.39, 0.29) is 24.0 Å². The van der Waals surface area contributed by atoms with Crippen molar-refractivity contribution in [2.45, 2.75) is 56.7 Å². The van der Waals surface area contributed by atoms with Crippen molar-refractivity contribution in [2.24, 2.45) is 7.05 Å². The summed E-state index contributed by atoms with van der Waals surface area (Å²) in [7, 11) is 1.92. The van der Waals surface area contributed by atoms with E-state index in [1.165, 1.54) is 0 Å². The summed E-state index contributed by atoms with van der Waals surface area (Å²) in [6.45, 7) is 6.89. The second-order valence-corrected chi connectivity index (χ2v) is 13.5. The third-order valence-electron chi connectivity index (χ3n) is 10.6. The van der Waals surface area contributed by atoms with Crippen LogP contribution in [0.25, 0.3) is 10.9 Å². The van der Waals surface area contributed by atoms with Gasteiger partial charge in [0.05, 0.1) is 11.7 Å². The Balaban J connectivity index is 0.995. The number of piperazine rings is 1. The van der Waals surface area contributed by atoms with E-state index in [0.717, 1.165) is 73.2 Å². The van der Waals surface area contributed by atoms with Gasteiger partial charge in [-0.15, -0.1) is 0 Å². The van der Waals surface area contributed by atoms with Crippen LogP contribution in [0.15, 0.2) is 48.7 Å². The molecule has 4 aliphatic heterocycles. The predicted octanol–water partition coefficient (Wildman–Crippen LogP) is 2.64. The van der Waals surface area contributed by atoms with Crippen molar-refractivity contribution in [3.05, 3.63) is 59.8 Å². The first kappa shape index (κ1) is 31.4. The number of amides is 5. The topological polar surface area (TPSA) is 118 Å². The first-order valence-corrected chi connectivity index (χ1v) is 17.3. The third kappa shape index (κ3) is 6.94. The molecule has 12 heteroatoms. The maximum absolute atomic E-state index is 14.1. The molecule has 7 rings (SSSR count). The molecule has 1 aromatic heterocycles. The lowest BCUT2D eigenvalue weighted by atomic mass is 10.0. The fraction of sp³-hybridized carbons (Fsp3) is 0.543. The number of hydrogen-bond acceptors (Lipinski definition) is 6. The zero-order valence-electron chi connectivity index (χ0n) is 27.4. The molecule has 0 bridgehead atoms. The van der Waals surface area contributed by atoms with Gasteiger partial charge in [0, 0.05) is 82.4 Å². The van der Waals surface area contributed by atoms with Crippen LogP contribution in [-0.2, 0) is 24.7 Å². The Kier molecular flexibility index (Phi) is 9.30. The predicted molar refractivity (Wildman–Crippen MR) is 181 cm³/mol. The molecule has 0 aliphatic carbocycles. The number of para-hydroxylation sites is 1. The molecular weight excluding hydrogens is 594 g/mol. The third-order valence-corrected chi connectivity index (χ3v) is 10.6. The molecule has 3 aromatic rings. The number of nitrogens with one attached hydrogen (secondary N) is 3. The summed E-state index contributed by atoms with van der Waals surface area (Å²) in [5.74, 6) is -0.0229. The van der Waals surface area contributed by atoms with Crippen molar-refractivity contribution in [1.29, 1.82) is 0 Å². The van der Waals surface area contributed by atoms with Crippen molar-refractivity contribution in [3.8, 4) is 0 Å². The molecule has 3 fully saturated rings. The molecule has 3 N–H and O–H groups in total. The van der Waals surface area contributed by atoms with Crippen LogP contribution in [0.3, 0.4) is 0 Å². The van der Waals surface area contributed by atoms with Gasteiger partial charge in [-0.2, -0.15) is 5.10 Å². The van der Waals surface area contributed by atoms with E-state index in [2.05, 4.69) is 38.1 Å². The van der Waals surface area contributed by atoms with Gasteiger partial charge in [0.15, 0.2) is 0 Å². The Morgan fingerprint density at radius 2 is 1.68 bits per heavy atom. The SMILES string of the molecule is Cn1ncc2cc(CC(NC(=O)N3CCC(N4CCc5ccccc5NC4=O)CC3)C(=O)N3CCN(C4CCNCC4)CC3)ccc21. The largest absolute Gasteiger partial charge is 0.338 e. The molecule has 3 saturated heterocycles. The number of nitrogens with zero attached hydrogens (tertiary/aromatic N) is 6. The van der Waals surface area contributed by atoms with Crippen LogP contribution in [0.2, 0.25) is 0 Å². The van der Waals surface area contributed by atoms with E-state index in [9.17, 15) is 14.4 Å². The van der Waals surface area contributed by atoms with E-state index >= 15 is 0 Å². The first-order chi connectivity index (χ1) is 22.9. The molecule has 1 atom stereocenters. The lowest BCUT2D eigenvalue weighted by molar-refractivity contribution is -0.135. The average molecular weight is 642 g/mol. The number of likely N-dealkylation sites (tertiary alicyclic amines) is 1. The van der Waals surface area contributed by atoms with Crippen LogP contribution in [0.4, 0.5) is 15.3 Å². The Hall–Kier alpha value is -4.16. The van der Waals surface area contributed by atoms with Gasteiger partial charge in [-0.1, -0.05) is 24.3 Å². The summed E-state index contributed by atoms with van der Waals surface area (Å²) in [6.07, 6.45) is 6.75. The van der Waals surface area contributed by atoms with E-state index in [1.807, 2.05) is 58.1 Å². The smallest absolute Gasteiger partial charge is 0.322 e. The van der Waals surface area contributed by atoms with E-state index < -0.39 is 6.04 Å². The Labute approximate surface area is 276 Å². The second kappa shape index (κ2) is 13.9. The minimum atomic E-state index is -0.672. The summed E-state index contributed by atoms with van der Waals surface area (Å²) in [4.78, 5) is 49.1. The number of benzene rings is 2. The van der Waals surface area contributed by atoms with Crippen LogP contribution in [0, 0.1) is 0 Å². The normalized spacial score (nSPS) is 20.9. The highest BCUT2D eigenvalue weighted by atomic mass is 16.2. The molecule has 0 saturated carbocycles. The highest BCUT2D eigenvalue weighted by Crippen LogP contribution is 2.25. The maximum atomic E-state index is 14.1. The molecule has 5 amide bonds. The number of fused-ring (bicyclic) bond motifs is 2. The molecular formula is C35H47N9O3. The minimum absolute atomic E-state index is 0.0229. The quantitative estimate of drug-likeness (QED) is 0.381. The highest BCUT2D eigenvalue weighted by molar-refractivity contribution is 5.91. The van der Waals surface area contributed by atoms with Gasteiger partial charge in [0.1, 0.15) is 6.04 Å². The Bertz CT molecular complexity index is 1590. The summed E-state index contributed by atoms with van der Waals surface area (Å²) < 4.78 is 1.84.